The van der Waals surface area contributed by atoms with Crippen LogP contribution in [0.25, 0.3) is 0 Å². The Bertz CT molecular complexity index is 1450. The molecule has 2 aliphatic heterocycles. The number of benzene rings is 2. The van der Waals surface area contributed by atoms with Crippen molar-refractivity contribution in [2.24, 2.45) is 5.92 Å². The van der Waals surface area contributed by atoms with Crippen LogP contribution in [0.1, 0.15) is 42.7 Å². The largest absolute Gasteiger partial charge is 0.602 e. The van der Waals surface area contributed by atoms with Gasteiger partial charge >= 0.3 is 19.1 Å². The number of hydrogen-bond donors (Lipinski definition) is 1. The highest BCUT2D eigenvalue weighted by Gasteiger charge is 2.49. The van der Waals surface area contributed by atoms with Gasteiger partial charge < -0.3 is 19.5 Å². The average Bonchev–Trinajstić information content (AvgIpc) is 3.04. The first-order valence-electron chi connectivity index (χ1n) is 15.3. The van der Waals surface area contributed by atoms with Crippen LogP contribution in [0.2, 0.25) is 5.82 Å². The number of carbonyl (C=O) groups is 4. The number of carbonyl (C=O) groups excluding carboxylic acids is 4. The summed E-state index contributed by atoms with van der Waals surface area (Å²) in [5.41, 5.74) is 1.85. The number of rotatable bonds is 11. The number of Topliss-reactive ketones (excluding diaryl/α,β-unsaturated/α-hetero) is 1. The molecular weight excluding hydrogens is 573 g/mol. The van der Waals surface area contributed by atoms with Crippen LogP contribution < -0.4 is 10.2 Å². The van der Waals surface area contributed by atoms with E-state index in [0.717, 1.165) is 11.3 Å². The molecule has 1 aromatic heterocycles. The highest BCUT2D eigenvalue weighted by Crippen LogP contribution is 2.32. The maximum Gasteiger partial charge on any atom is 0.602 e. The summed E-state index contributed by atoms with van der Waals surface area (Å²) in [7, 11) is 0.482. The van der Waals surface area contributed by atoms with E-state index in [9.17, 15) is 19.2 Å². The molecule has 2 bridgehead atoms. The highest BCUT2D eigenvalue weighted by molar-refractivity contribution is 6.51. The van der Waals surface area contributed by atoms with E-state index in [4.69, 9.17) is 9.31 Å². The van der Waals surface area contributed by atoms with Gasteiger partial charge in [-0.3, -0.25) is 29.1 Å². The highest BCUT2D eigenvalue weighted by atomic mass is 16.6. The lowest BCUT2D eigenvalue weighted by atomic mass is 9.64. The number of para-hydroxylation sites is 1. The van der Waals surface area contributed by atoms with Gasteiger partial charge in [-0.05, 0) is 43.5 Å². The second-order valence-corrected chi connectivity index (χ2v) is 12.0. The lowest BCUT2D eigenvalue weighted by Gasteiger charge is -2.45. The molecule has 234 valence electrons. The van der Waals surface area contributed by atoms with Crippen molar-refractivity contribution in [2.75, 3.05) is 25.0 Å². The molecule has 0 aliphatic carbocycles. The third kappa shape index (κ3) is 7.93. The van der Waals surface area contributed by atoms with Crippen LogP contribution in [-0.4, -0.2) is 83.9 Å². The molecule has 12 heteroatoms. The van der Waals surface area contributed by atoms with Crippen LogP contribution in [0.5, 0.6) is 0 Å². The third-order valence-corrected chi connectivity index (χ3v) is 8.29. The summed E-state index contributed by atoms with van der Waals surface area (Å²) in [6.07, 6.45) is 4.82. The number of ketones is 1. The van der Waals surface area contributed by atoms with Crippen molar-refractivity contribution in [3.8, 4) is 0 Å². The zero-order chi connectivity index (χ0) is 31.9. The lowest BCUT2D eigenvalue weighted by Crippen LogP contribution is -2.65. The fraction of sp³-hybridized carbons (Fsp3) is 0.394. The van der Waals surface area contributed by atoms with Gasteiger partial charge in [-0.25, -0.2) is 4.98 Å². The van der Waals surface area contributed by atoms with Crippen molar-refractivity contribution in [1.82, 2.24) is 20.2 Å². The van der Waals surface area contributed by atoms with Gasteiger partial charge in [0.15, 0.2) is 5.78 Å². The first-order chi connectivity index (χ1) is 21.7. The molecule has 3 aromatic rings. The maximum atomic E-state index is 14.0. The van der Waals surface area contributed by atoms with Crippen molar-refractivity contribution in [3.63, 3.8) is 0 Å². The average molecular weight is 612 g/mol. The molecule has 45 heavy (non-hydrogen) atoms. The summed E-state index contributed by atoms with van der Waals surface area (Å²) in [5, 5.41) is 2.82. The number of aromatic nitrogens is 2. The van der Waals surface area contributed by atoms with Gasteiger partial charge in [0.25, 0.3) is 5.91 Å². The van der Waals surface area contributed by atoms with Crippen molar-refractivity contribution in [1.29, 1.82) is 0 Å². The van der Waals surface area contributed by atoms with Crippen LogP contribution >= 0.6 is 0 Å². The fourth-order valence-electron chi connectivity index (χ4n) is 5.94. The van der Waals surface area contributed by atoms with E-state index in [1.165, 1.54) is 18.6 Å². The Balaban J connectivity index is 1.36. The van der Waals surface area contributed by atoms with Crippen LogP contribution in [0.15, 0.2) is 79.3 Å². The van der Waals surface area contributed by atoms with E-state index in [1.54, 1.807) is 11.9 Å². The quantitative estimate of drug-likeness (QED) is 0.323. The Morgan fingerprint density at radius 1 is 0.956 bits per heavy atom. The standard InChI is InChI=1S/C33H38BN5O6/c1-22(2)16-24(18-30(40)26(17-23-10-6-4-7-11-23)37-31(41)27-19-35-14-15-36-27)34-44-32(42)28-20-39(25-12-8-5-9-13-25)21-29(38(28)3)33(43)45-34/h4-15,19,22,24,26,28-29H,16-18,20-21H2,1-3H3,(H,37,41)/t24-,26+,28+,29+/m1/s1. The van der Waals surface area contributed by atoms with Crippen LogP contribution in [-0.2, 0) is 30.1 Å². The van der Waals surface area contributed by atoms with Gasteiger partial charge in [0, 0.05) is 43.4 Å². The van der Waals surface area contributed by atoms with Crippen molar-refractivity contribution >= 4 is 36.4 Å². The van der Waals surface area contributed by atoms with E-state index in [-0.39, 0.29) is 30.2 Å². The molecule has 2 fully saturated rings. The first-order valence-corrected chi connectivity index (χ1v) is 15.3. The molecule has 5 rings (SSSR count). The molecular formula is C33H38BN5O6. The zero-order valence-electron chi connectivity index (χ0n) is 25.7. The van der Waals surface area contributed by atoms with Gasteiger partial charge in [0.1, 0.15) is 17.8 Å². The van der Waals surface area contributed by atoms with Crippen LogP contribution in [0, 0.1) is 5.92 Å². The Hall–Kier alpha value is -4.58. The zero-order valence-corrected chi connectivity index (χ0v) is 25.7. The van der Waals surface area contributed by atoms with Crippen LogP contribution in [0.3, 0.4) is 0 Å². The van der Waals surface area contributed by atoms with Gasteiger partial charge in [-0.1, -0.05) is 62.4 Å². The predicted octanol–water partition coefficient (Wildman–Crippen LogP) is 2.97. The van der Waals surface area contributed by atoms with Gasteiger partial charge in [-0.15, -0.1) is 0 Å². The van der Waals surface area contributed by atoms with Crippen LogP contribution in [0.4, 0.5) is 5.69 Å². The van der Waals surface area contributed by atoms with E-state index in [1.807, 2.05) is 79.4 Å². The van der Waals surface area contributed by atoms with Gasteiger partial charge in [0.05, 0.1) is 12.2 Å². The second kappa shape index (κ2) is 14.5. The molecule has 2 saturated heterocycles. The molecule has 1 amide bonds. The Morgan fingerprint density at radius 3 is 2.16 bits per heavy atom. The molecule has 0 spiro atoms. The first kappa shape index (κ1) is 31.8. The minimum atomic E-state index is -1.24. The molecule has 0 radical (unpaired) electrons. The number of nitrogens with zero attached hydrogens (tertiary/aromatic N) is 4. The topological polar surface area (TPSA) is 131 Å². The number of piperazine rings is 1. The monoisotopic (exact) mass is 611 g/mol. The third-order valence-electron chi connectivity index (χ3n) is 8.29. The molecule has 1 N–H and O–H groups in total. The summed E-state index contributed by atoms with van der Waals surface area (Å²) < 4.78 is 11.8. The molecule has 4 atom stereocenters. The van der Waals surface area contributed by atoms with Gasteiger partial charge in [0.2, 0.25) is 0 Å². The minimum absolute atomic E-state index is 0.0804. The molecule has 2 aliphatic rings. The number of nitrogens with one attached hydrogen (secondary N) is 1. The molecule has 3 heterocycles. The maximum absolute atomic E-state index is 14.0. The second-order valence-electron chi connectivity index (χ2n) is 12.0. The minimum Gasteiger partial charge on any atom is -0.498 e. The summed E-state index contributed by atoms with van der Waals surface area (Å²) in [4.78, 5) is 65.9. The molecule has 11 nitrogen and oxygen atoms in total. The Morgan fingerprint density at radius 2 is 1.58 bits per heavy atom. The number of anilines is 1. The normalized spacial score (nSPS) is 20.0. The summed E-state index contributed by atoms with van der Waals surface area (Å²) >= 11 is 0. The number of likely N-dealkylation sites (N-methyl/N-ethyl adjacent to an activating group) is 1. The Labute approximate surface area is 263 Å². The lowest BCUT2D eigenvalue weighted by molar-refractivity contribution is -0.155. The van der Waals surface area contributed by atoms with E-state index in [2.05, 4.69) is 15.3 Å². The fourth-order valence-corrected chi connectivity index (χ4v) is 5.94. The Kier molecular flexibility index (Phi) is 10.2. The number of amides is 1. The van der Waals surface area contributed by atoms with Gasteiger partial charge in [-0.2, -0.15) is 0 Å². The SMILES string of the molecule is CC(C)C[C@H](CC(=O)[C@H](Cc1ccccc1)NC(=O)c1cnccn1)B1OC(=O)[C@@H]2CN(c3ccccc3)C[C@@H](C(=O)O1)N2C. The summed E-state index contributed by atoms with van der Waals surface area (Å²) in [6, 6.07) is 16.7. The van der Waals surface area contributed by atoms with E-state index in [0.29, 0.717) is 19.5 Å². The van der Waals surface area contributed by atoms with Crippen molar-refractivity contribution in [3.05, 3.63) is 90.5 Å². The molecule has 0 saturated carbocycles. The van der Waals surface area contributed by atoms with Crippen molar-refractivity contribution in [2.45, 2.75) is 57.1 Å². The summed E-state index contributed by atoms with van der Waals surface area (Å²) in [5.74, 6) is -2.35. The smallest absolute Gasteiger partial charge is 0.498 e. The van der Waals surface area contributed by atoms with E-state index < -0.39 is 48.9 Å². The number of hydrogen-bond acceptors (Lipinski definition) is 10. The molecule has 0 unspecified atom stereocenters. The molecule has 2 aromatic carbocycles. The van der Waals surface area contributed by atoms with Crippen molar-refractivity contribution < 1.29 is 28.5 Å². The van der Waals surface area contributed by atoms with E-state index >= 15 is 0 Å². The predicted molar refractivity (Wildman–Crippen MR) is 168 cm³/mol. The summed E-state index contributed by atoms with van der Waals surface area (Å²) in [6.45, 7) is 4.66. The number of fused-ring (bicyclic) bond motifs is 2.